The van der Waals surface area contributed by atoms with Gasteiger partial charge in [-0.05, 0) is 32.4 Å². The Morgan fingerprint density at radius 1 is 1.31 bits per heavy atom. The molecule has 1 aromatic carbocycles. The molecule has 0 radical (unpaired) electrons. The van der Waals surface area contributed by atoms with E-state index in [4.69, 9.17) is 5.11 Å². The van der Waals surface area contributed by atoms with E-state index in [1.54, 1.807) is 0 Å². The van der Waals surface area contributed by atoms with Crippen molar-refractivity contribution >= 4 is 11.7 Å². The monoisotopic (exact) mass is 221 g/mol. The zero-order valence-corrected chi connectivity index (χ0v) is 10.2. The predicted molar refractivity (Wildman–Crippen MR) is 66.1 cm³/mol. The highest BCUT2D eigenvalue weighted by Crippen LogP contribution is 2.22. The molecule has 0 heterocycles. The van der Waals surface area contributed by atoms with Crippen molar-refractivity contribution in [1.29, 1.82) is 0 Å². The van der Waals surface area contributed by atoms with Gasteiger partial charge in [-0.1, -0.05) is 17.7 Å². The highest BCUT2D eigenvalue weighted by Gasteiger charge is 2.11. The Labute approximate surface area is 96.7 Å². The Bertz CT molecular complexity index is 370. The summed E-state index contributed by atoms with van der Waals surface area (Å²) in [6.45, 7) is 7.93. The summed E-state index contributed by atoms with van der Waals surface area (Å²) in [7, 11) is 0. The molecule has 0 saturated carbocycles. The molecule has 0 spiro atoms. The molecule has 1 aromatic rings. The quantitative estimate of drug-likeness (QED) is 0.830. The van der Waals surface area contributed by atoms with Gasteiger partial charge < -0.3 is 10.0 Å². The number of anilines is 1. The van der Waals surface area contributed by atoms with Crippen LogP contribution in [-0.2, 0) is 11.2 Å². The Hall–Kier alpha value is -1.51. The lowest BCUT2D eigenvalue weighted by Crippen LogP contribution is -2.23. The maximum absolute atomic E-state index is 10.8. The molecule has 0 aliphatic heterocycles. The molecule has 0 atom stereocenters. The SMILES string of the molecule is CCN(CC)c1ccc(C)cc1CC(=O)O. The molecule has 0 fully saturated rings. The van der Waals surface area contributed by atoms with E-state index in [9.17, 15) is 4.79 Å². The second-order valence-corrected chi connectivity index (χ2v) is 3.87. The van der Waals surface area contributed by atoms with Crippen LogP contribution in [0.4, 0.5) is 5.69 Å². The summed E-state index contributed by atoms with van der Waals surface area (Å²) in [5.41, 5.74) is 3.04. The molecule has 16 heavy (non-hydrogen) atoms. The first-order valence-electron chi connectivity index (χ1n) is 5.64. The van der Waals surface area contributed by atoms with Crippen molar-refractivity contribution in [3.05, 3.63) is 29.3 Å². The number of aryl methyl sites for hydroxylation is 1. The van der Waals surface area contributed by atoms with Crippen LogP contribution in [0.2, 0.25) is 0 Å². The smallest absolute Gasteiger partial charge is 0.307 e. The number of carbonyl (C=O) groups is 1. The summed E-state index contributed by atoms with van der Waals surface area (Å²) < 4.78 is 0. The molecule has 0 aromatic heterocycles. The first-order valence-corrected chi connectivity index (χ1v) is 5.64. The number of rotatable bonds is 5. The van der Waals surface area contributed by atoms with Crippen LogP contribution in [0.3, 0.4) is 0 Å². The molecule has 0 amide bonds. The third kappa shape index (κ3) is 2.99. The topological polar surface area (TPSA) is 40.5 Å². The van der Waals surface area contributed by atoms with Crippen molar-refractivity contribution in [2.24, 2.45) is 0 Å². The van der Waals surface area contributed by atoms with Crippen molar-refractivity contribution in [2.75, 3.05) is 18.0 Å². The molecule has 3 nitrogen and oxygen atoms in total. The van der Waals surface area contributed by atoms with E-state index < -0.39 is 5.97 Å². The van der Waals surface area contributed by atoms with Crippen LogP contribution in [0, 0.1) is 6.92 Å². The fourth-order valence-corrected chi connectivity index (χ4v) is 1.89. The zero-order chi connectivity index (χ0) is 12.1. The summed E-state index contributed by atoms with van der Waals surface area (Å²) in [6.07, 6.45) is 0.0908. The Kier molecular flexibility index (Phi) is 4.35. The number of nitrogens with zero attached hydrogens (tertiary/aromatic N) is 1. The minimum atomic E-state index is -0.779. The maximum atomic E-state index is 10.8. The molecule has 1 rings (SSSR count). The number of aliphatic carboxylic acids is 1. The predicted octanol–water partition coefficient (Wildman–Crippen LogP) is 2.47. The summed E-state index contributed by atoms with van der Waals surface area (Å²) in [4.78, 5) is 13.0. The standard InChI is InChI=1S/C13H19NO2/c1-4-14(5-2)12-7-6-10(3)8-11(12)9-13(15)16/h6-8H,4-5,9H2,1-3H3,(H,15,16). The summed E-state index contributed by atoms with van der Waals surface area (Å²) in [5.74, 6) is -0.779. The normalized spacial score (nSPS) is 10.2. The average Bonchev–Trinajstić information content (AvgIpc) is 2.21. The molecule has 0 unspecified atom stereocenters. The zero-order valence-electron chi connectivity index (χ0n) is 10.2. The maximum Gasteiger partial charge on any atom is 0.307 e. The van der Waals surface area contributed by atoms with Crippen LogP contribution in [0.15, 0.2) is 18.2 Å². The van der Waals surface area contributed by atoms with Crippen LogP contribution in [0.5, 0.6) is 0 Å². The van der Waals surface area contributed by atoms with Gasteiger partial charge >= 0.3 is 5.97 Å². The number of hydrogen-bond acceptors (Lipinski definition) is 2. The second-order valence-electron chi connectivity index (χ2n) is 3.87. The number of hydrogen-bond donors (Lipinski definition) is 1. The van der Waals surface area contributed by atoms with E-state index in [1.807, 2.05) is 25.1 Å². The van der Waals surface area contributed by atoms with Crippen LogP contribution >= 0.6 is 0 Å². The van der Waals surface area contributed by atoms with Gasteiger partial charge in [-0.3, -0.25) is 4.79 Å². The second kappa shape index (κ2) is 5.54. The van der Waals surface area contributed by atoms with Gasteiger partial charge in [0.25, 0.3) is 0 Å². The van der Waals surface area contributed by atoms with Crippen molar-refractivity contribution in [3.8, 4) is 0 Å². The number of carboxylic acids is 1. The van der Waals surface area contributed by atoms with Gasteiger partial charge in [-0.25, -0.2) is 0 Å². The third-order valence-electron chi connectivity index (χ3n) is 2.68. The first kappa shape index (κ1) is 12.6. The lowest BCUT2D eigenvalue weighted by atomic mass is 10.1. The molecule has 0 aliphatic carbocycles. The Morgan fingerprint density at radius 3 is 2.44 bits per heavy atom. The van der Waals surface area contributed by atoms with E-state index in [1.165, 1.54) is 0 Å². The lowest BCUT2D eigenvalue weighted by molar-refractivity contribution is -0.136. The third-order valence-corrected chi connectivity index (χ3v) is 2.68. The van der Waals surface area contributed by atoms with E-state index in [0.29, 0.717) is 0 Å². The molecule has 0 bridgehead atoms. The Morgan fingerprint density at radius 2 is 1.94 bits per heavy atom. The molecule has 3 heteroatoms. The van der Waals surface area contributed by atoms with Gasteiger partial charge in [0.2, 0.25) is 0 Å². The van der Waals surface area contributed by atoms with Crippen LogP contribution in [0.25, 0.3) is 0 Å². The number of benzene rings is 1. The van der Waals surface area contributed by atoms with Gasteiger partial charge in [0, 0.05) is 18.8 Å². The molecule has 0 saturated heterocycles. The van der Waals surface area contributed by atoms with Crippen molar-refractivity contribution in [1.82, 2.24) is 0 Å². The first-order chi connectivity index (χ1) is 7.58. The minimum Gasteiger partial charge on any atom is -0.481 e. The lowest BCUT2D eigenvalue weighted by Gasteiger charge is -2.24. The average molecular weight is 221 g/mol. The summed E-state index contributed by atoms with van der Waals surface area (Å²) in [5, 5.41) is 8.89. The van der Waals surface area contributed by atoms with Crippen molar-refractivity contribution < 1.29 is 9.90 Å². The summed E-state index contributed by atoms with van der Waals surface area (Å²) in [6, 6.07) is 6.00. The van der Waals surface area contributed by atoms with Crippen molar-refractivity contribution in [3.63, 3.8) is 0 Å². The molecular formula is C13H19NO2. The van der Waals surface area contributed by atoms with Gasteiger partial charge in [-0.2, -0.15) is 0 Å². The molecule has 88 valence electrons. The summed E-state index contributed by atoms with van der Waals surface area (Å²) >= 11 is 0. The van der Waals surface area contributed by atoms with Crippen LogP contribution in [-0.4, -0.2) is 24.2 Å². The van der Waals surface area contributed by atoms with Gasteiger partial charge in [-0.15, -0.1) is 0 Å². The van der Waals surface area contributed by atoms with E-state index in [-0.39, 0.29) is 6.42 Å². The molecule has 1 N–H and O–H groups in total. The minimum absolute atomic E-state index is 0.0908. The molecular weight excluding hydrogens is 202 g/mol. The molecule has 0 aliphatic rings. The Balaban J connectivity index is 3.10. The largest absolute Gasteiger partial charge is 0.481 e. The van der Waals surface area contributed by atoms with Crippen molar-refractivity contribution in [2.45, 2.75) is 27.2 Å². The van der Waals surface area contributed by atoms with Gasteiger partial charge in [0.05, 0.1) is 6.42 Å². The fourth-order valence-electron chi connectivity index (χ4n) is 1.89. The fraction of sp³-hybridized carbons (Fsp3) is 0.462. The highest BCUT2D eigenvalue weighted by atomic mass is 16.4. The van der Waals surface area contributed by atoms with Gasteiger partial charge in [0.1, 0.15) is 0 Å². The van der Waals surface area contributed by atoms with E-state index >= 15 is 0 Å². The van der Waals surface area contributed by atoms with Crippen LogP contribution < -0.4 is 4.90 Å². The number of carboxylic acid groups (broad SMARTS) is 1. The van der Waals surface area contributed by atoms with E-state index in [2.05, 4.69) is 18.7 Å². The highest BCUT2D eigenvalue weighted by molar-refractivity contribution is 5.74. The van der Waals surface area contributed by atoms with Gasteiger partial charge in [0.15, 0.2) is 0 Å². The van der Waals surface area contributed by atoms with Crippen LogP contribution in [0.1, 0.15) is 25.0 Å². The van der Waals surface area contributed by atoms with E-state index in [0.717, 1.165) is 29.9 Å².